The fourth-order valence-corrected chi connectivity index (χ4v) is 3.85. The van der Waals surface area contributed by atoms with Crippen molar-refractivity contribution in [1.82, 2.24) is 0 Å². The number of nitrogens with one attached hydrogen (secondary N) is 1. The lowest BCUT2D eigenvalue weighted by Crippen LogP contribution is -2.31. The number of hydrogen-bond donors (Lipinski definition) is 1. The molecule has 6 nitrogen and oxygen atoms in total. The summed E-state index contributed by atoms with van der Waals surface area (Å²) in [5.74, 6) is 0.517. The highest BCUT2D eigenvalue weighted by atomic mass is 32.2. The topological polar surface area (TPSA) is 75.7 Å². The minimum atomic E-state index is -3.44. The number of anilines is 2. The highest BCUT2D eigenvalue weighted by Crippen LogP contribution is 2.22. The Labute approximate surface area is 161 Å². The molecule has 2 aromatic rings. The number of methoxy groups -OCH3 is 1. The van der Waals surface area contributed by atoms with Crippen LogP contribution in [-0.4, -0.2) is 34.2 Å². The van der Waals surface area contributed by atoms with E-state index in [0.29, 0.717) is 17.9 Å². The van der Waals surface area contributed by atoms with E-state index < -0.39 is 10.0 Å². The molecule has 0 fully saturated rings. The smallest absolute Gasteiger partial charge is 0.232 e. The van der Waals surface area contributed by atoms with Gasteiger partial charge in [-0.2, -0.15) is 0 Å². The van der Waals surface area contributed by atoms with Gasteiger partial charge >= 0.3 is 0 Å². The van der Waals surface area contributed by atoms with Gasteiger partial charge in [0, 0.05) is 18.7 Å². The molecular weight excluding hydrogens is 364 g/mol. The first-order chi connectivity index (χ1) is 12.7. The largest absolute Gasteiger partial charge is 0.497 e. The Bertz CT molecular complexity index is 872. The molecule has 0 unspecified atom stereocenters. The van der Waals surface area contributed by atoms with Gasteiger partial charge < -0.3 is 10.1 Å². The maximum Gasteiger partial charge on any atom is 0.232 e. The molecule has 0 aromatic heterocycles. The van der Waals surface area contributed by atoms with Gasteiger partial charge in [0.2, 0.25) is 15.9 Å². The zero-order chi connectivity index (χ0) is 20.0. The third kappa shape index (κ3) is 6.29. The Morgan fingerprint density at radius 2 is 1.67 bits per heavy atom. The highest BCUT2D eigenvalue weighted by molar-refractivity contribution is 7.92. The van der Waals surface area contributed by atoms with E-state index >= 15 is 0 Å². The summed E-state index contributed by atoms with van der Waals surface area (Å²) < 4.78 is 30.6. The van der Waals surface area contributed by atoms with Crippen molar-refractivity contribution in [2.75, 3.05) is 29.5 Å². The van der Waals surface area contributed by atoms with Crippen LogP contribution in [0.25, 0.3) is 0 Å². The predicted octanol–water partition coefficient (Wildman–Crippen LogP) is 3.50. The van der Waals surface area contributed by atoms with E-state index in [-0.39, 0.29) is 18.9 Å². The molecule has 0 aliphatic carbocycles. The Kier molecular flexibility index (Phi) is 6.85. The van der Waals surface area contributed by atoms with Crippen molar-refractivity contribution in [2.24, 2.45) is 0 Å². The summed E-state index contributed by atoms with van der Waals surface area (Å²) in [6, 6.07) is 12.6. The normalized spacial score (nSPS) is 11.1. The van der Waals surface area contributed by atoms with Crippen molar-refractivity contribution >= 4 is 27.3 Å². The van der Waals surface area contributed by atoms with Crippen molar-refractivity contribution in [3.63, 3.8) is 0 Å². The fourth-order valence-electron chi connectivity index (χ4n) is 2.89. The summed E-state index contributed by atoms with van der Waals surface area (Å²) >= 11 is 0. The average Bonchev–Trinajstić information content (AvgIpc) is 2.57. The number of benzene rings is 2. The van der Waals surface area contributed by atoms with Crippen molar-refractivity contribution in [3.8, 4) is 5.75 Å². The van der Waals surface area contributed by atoms with E-state index in [0.717, 1.165) is 23.1 Å². The van der Waals surface area contributed by atoms with Crippen LogP contribution in [0.4, 0.5) is 11.4 Å². The second-order valence-electron chi connectivity index (χ2n) is 6.56. The molecule has 0 atom stereocenters. The number of aryl methyl sites for hydroxylation is 2. The van der Waals surface area contributed by atoms with Gasteiger partial charge in [0.1, 0.15) is 5.75 Å². The molecule has 0 radical (unpaired) electrons. The Balaban J connectivity index is 1.97. The number of hydrogen-bond acceptors (Lipinski definition) is 4. The SMILES string of the molecule is COc1ccc(N(CCCC(=O)Nc2cc(C)cc(C)c2)S(C)(=O)=O)cc1. The van der Waals surface area contributed by atoms with Gasteiger partial charge in [-0.15, -0.1) is 0 Å². The minimum absolute atomic E-state index is 0.136. The van der Waals surface area contributed by atoms with E-state index in [2.05, 4.69) is 5.32 Å². The molecule has 7 heteroatoms. The van der Waals surface area contributed by atoms with Crippen molar-refractivity contribution in [3.05, 3.63) is 53.6 Å². The molecule has 0 aliphatic rings. The third-order valence-electron chi connectivity index (χ3n) is 4.03. The lowest BCUT2D eigenvalue weighted by Gasteiger charge is -2.22. The molecule has 2 aromatic carbocycles. The molecule has 0 saturated carbocycles. The highest BCUT2D eigenvalue weighted by Gasteiger charge is 2.17. The Morgan fingerprint density at radius 1 is 1.07 bits per heavy atom. The van der Waals surface area contributed by atoms with Gasteiger partial charge in [-0.3, -0.25) is 9.10 Å². The number of amides is 1. The van der Waals surface area contributed by atoms with E-state index in [1.165, 1.54) is 4.31 Å². The standard InChI is InChI=1S/C20H26N2O4S/c1-15-12-16(2)14-17(13-15)21-20(23)6-5-11-22(27(4,24)25)18-7-9-19(26-3)10-8-18/h7-10,12-14H,5-6,11H2,1-4H3,(H,21,23). The second kappa shape index (κ2) is 8.90. The number of sulfonamides is 1. The number of carbonyl (C=O) groups is 1. The van der Waals surface area contributed by atoms with Crippen molar-refractivity contribution in [2.45, 2.75) is 26.7 Å². The summed E-state index contributed by atoms with van der Waals surface area (Å²) in [6.45, 7) is 4.18. The monoisotopic (exact) mass is 390 g/mol. The van der Waals surface area contributed by atoms with Crippen molar-refractivity contribution < 1.29 is 17.9 Å². The van der Waals surface area contributed by atoms with Gasteiger partial charge in [-0.05, 0) is 67.8 Å². The van der Waals surface area contributed by atoms with Crippen LogP contribution in [0.5, 0.6) is 5.75 Å². The summed E-state index contributed by atoms with van der Waals surface area (Å²) in [5.41, 5.74) is 3.46. The summed E-state index contributed by atoms with van der Waals surface area (Å²) in [4.78, 5) is 12.2. The zero-order valence-electron chi connectivity index (χ0n) is 16.2. The number of rotatable bonds is 8. The van der Waals surface area contributed by atoms with E-state index in [1.807, 2.05) is 32.0 Å². The van der Waals surface area contributed by atoms with Crippen LogP contribution in [0, 0.1) is 13.8 Å². The molecule has 0 aliphatic heterocycles. The van der Waals surface area contributed by atoms with Crippen LogP contribution in [0.1, 0.15) is 24.0 Å². The summed E-state index contributed by atoms with van der Waals surface area (Å²) in [6.07, 6.45) is 1.80. The number of nitrogens with zero attached hydrogens (tertiary/aromatic N) is 1. The first kappa shape index (κ1) is 20.8. The van der Waals surface area contributed by atoms with Crippen LogP contribution >= 0.6 is 0 Å². The second-order valence-corrected chi connectivity index (χ2v) is 8.47. The summed E-state index contributed by atoms with van der Waals surface area (Å²) in [7, 11) is -1.89. The first-order valence-electron chi connectivity index (χ1n) is 8.69. The lowest BCUT2D eigenvalue weighted by atomic mass is 10.1. The van der Waals surface area contributed by atoms with Gasteiger partial charge in [0.15, 0.2) is 0 Å². The predicted molar refractivity (Wildman–Crippen MR) is 109 cm³/mol. The quantitative estimate of drug-likeness (QED) is 0.749. The van der Waals surface area contributed by atoms with Crippen LogP contribution in [-0.2, 0) is 14.8 Å². The molecule has 146 valence electrons. The molecule has 0 saturated heterocycles. The third-order valence-corrected chi connectivity index (χ3v) is 5.23. The van der Waals surface area contributed by atoms with Gasteiger partial charge in [0.05, 0.1) is 19.1 Å². The minimum Gasteiger partial charge on any atom is -0.497 e. The summed E-state index contributed by atoms with van der Waals surface area (Å²) in [5, 5.41) is 2.87. The Hall–Kier alpha value is -2.54. The average molecular weight is 391 g/mol. The maximum absolute atomic E-state index is 12.2. The van der Waals surface area contributed by atoms with Crippen LogP contribution in [0.2, 0.25) is 0 Å². The van der Waals surface area contributed by atoms with E-state index in [1.54, 1.807) is 31.4 Å². The van der Waals surface area contributed by atoms with E-state index in [4.69, 9.17) is 4.74 Å². The van der Waals surface area contributed by atoms with Gasteiger partial charge in [-0.1, -0.05) is 6.07 Å². The van der Waals surface area contributed by atoms with Crippen LogP contribution < -0.4 is 14.4 Å². The van der Waals surface area contributed by atoms with Crippen molar-refractivity contribution in [1.29, 1.82) is 0 Å². The lowest BCUT2D eigenvalue weighted by molar-refractivity contribution is -0.116. The fraction of sp³-hybridized carbons (Fsp3) is 0.350. The zero-order valence-corrected chi connectivity index (χ0v) is 17.0. The first-order valence-corrected chi connectivity index (χ1v) is 10.5. The van der Waals surface area contributed by atoms with Crippen LogP contribution in [0.15, 0.2) is 42.5 Å². The number of ether oxygens (including phenoxy) is 1. The molecule has 0 heterocycles. The van der Waals surface area contributed by atoms with Gasteiger partial charge in [-0.25, -0.2) is 8.42 Å². The molecular formula is C20H26N2O4S. The molecule has 1 amide bonds. The Morgan fingerprint density at radius 3 is 2.19 bits per heavy atom. The maximum atomic E-state index is 12.2. The molecule has 27 heavy (non-hydrogen) atoms. The van der Waals surface area contributed by atoms with Crippen LogP contribution in [0.3, 0.4) is 0 Å². The van der Waals surface area contributed by atoms with Gasteiger partial charge in [0.25, 0.3) is 0 Å². The molecule has 0 spiro atoms. The number of carbonyl (C=O) groups excluding carboxylic acids is 1. The molecule has 0 bridgehead atoms. The molecule has 2 rings (SSSR count). The van der Waals surface area contributed by atoms with E-state index in [9.17, 15) is 13.2 Å². The molecule has 1 N–H and O–H groups in total.